The minimum Gasteiger partial charge on any atom is -0.480 e. The summed E-state index contributed by atoms with van der Waals surface area (Å²) in [7, 11) is -4.14. The van der Waals surface area contributed by atoms with Gasteiger partial charge < -0.3 is 10.0 Å². The lowest BCUT2D eigenvalue weighted by atomic mass is 10.1. The van der Waals surface area contributed by atoms with Crippen LogP contribution < -0.4 is 9.62 Å². The maximum Gasteiger partial charge on any atom is 0.321 e. The quantitative estimate of drug-likeness (QED) is 0.426. The number of anilines is 1. The van der Waals surface area contributed by atoms with Crippen LogP contribution in [0.3, 0.4) is 0 Å². The highest BCUT2D eigenvalue weighted by molar-refractivity contribution is 9.10. The molecule has 0 aliphatic carbocycles. The molecule has 4 rings (SSSR count). The minimum absolute atomic E-state index is 0.0774. The number of nitrogens with one attached hydrogen (secondary N) is 1. The molecule has 1 aliphatic heterocycles. The van der Waals surface area contributed by atoms with E-state index in [0.29, 0.717) is 24.2 Å². The summed E-state index contributed by atoms with van der Waals surface area (Å²) in [5.74, 6) is -2.11. The SMILES string of the molecule is O=C(O)[C@H](CCC(=O)N1CCc2cc(F)ccc21)NS(=O)(=O)c1ccc(-c2ccc(Br)cc2)cc1. The van der Waals surface area contributed by atoms with E-state index in [1.807, 2.05) is 24.3 Å². The summed E-state index contributed by atoms with van der Waals surface area (Å²) in [6.07, 6.45) is 0.0975. The highest BCUT2D eigenvalue weighted by Gasteiger charge is 2.29. The predicted molar refractivity (Wildman–Crippen MR) is 133 cm³/mol. The topological polar surface area (TPSA) is 104 Å². The smallest absolute Gasteiger partial charge is 0.321 e. The summed E-state index contributed by atoms with van der Waals surface area (Å²) in [4.78, 5) is 25.9. The van der Waals surface area contributed by atoms with E-state index in [1.54, 1.807) is 12.1 Å². The van der Waals surface area contributed by atoms with E-state index in [9.17, 15) is 27.5 Å². The van der Waals surface area contributed by atoms with Gasteiger partial charge in [-0.2, -0.15) is 4.72 Å². The Balaban J connectivity index is 1.42. The fourth-order valence-corrected chi connectivity index (χ4v) is 5.48. The van der Waals surface area contributed by atoms with Gasteiger partial charge in [-0.05, 0) is 72.0 Å². The third-order valence-electron chi connectivity index (χ3n) is 5.82. The van der Waals surface area contributed by atoms with Gasteiger partial charge in [0.05, 0.1) is 4.90 Å². The van der Waals surface area contributed by atoms with Gasteiger partial charge in [0, 0.05) is 23.1 Å². The van der Waals surface area contributed by atoms with E-state index in [0.717, 1.165) is 15.6 Å². The average Bonchev–Trinajstić information content (AvgIpc) is 3.25. The molecule has 1 amide bonds. The number of fused-ring (bicyclic) bond motifs is 1. The highest BCUT2D eigenvalue weighted by Crippen LogP contribution is 2.29. The normalized spacial score (nSPS) is 13.9. The Kier molecular flexibility index (Phi) is 7.34. The molecular weight excluding hydrogens is 539 g/mol. The second-order valence-corrected chi connectivity index (χ2v) is 10.8. The van der Waals surface area contributed by atoms with Crippen molar-refractivity contribution >= 4 is 43.5 Å². The number of halogens is 2. The maximum atomic E-state index is 13.4. The zero-order valence-corrected chi connectivity index (χ0v) is 20.9. The van der Waals surface area contributed by atoms with Crippen molar-refractivity contribution in [2.75, 3.05) is 11.4 Å². The van der Waals surface area contributed by atoms with Crippen LogP contribution in [0.15, 0.2) is 76.1 Å². The van der Waals surface area contributed by atoms with Gasteiger partial charge in [0.2, 0.25) is 15.9 Å². The monoisotopic (exact) mass is 560 g/mol. The molecule has 0 spiro atoms. The number of aliphatic carboxylic acids is 1. The lowest BCUT2D eigenvalue weighted by molar-refractivity contribution is -0.139. The molecule has 3 aromatic rings. The molecule has 0 fully saturated rings. The highest BCUT2D eigenvalue weighted by atomic mass is 79.9. The summed E-state index contributed by atoms with van der Waals surface area (Å²) in [6.45, 7) is 0.367. The molecule has 7 nitrogen and oxygen atoms in total. The number of amides is 1. The zero-order valence-electron chi connectivity index (χ0n) is 18.4. The third kappa shape index (κ3) is 5.77. The van der Waals surface area contributed by atoms with Gasteiger partial charge in [-0.15, -0.1) is 0 Å². The van der Waals surface area contributed by atoms with Crippen LogP contribution in [0.2, 0.25) is 0 Å². The number of rotatable bonds is 8. The molecule has 0 unspecified atom stereocenters. The number of hydrogen-bond donors (Lipinski definition) is 2. The Hall–Kier alpha value is -3.08. The van der Waals surface area contributed by atoms with Crippen LogP contribution in [0.1, 0.15) is 18.4 Å². The van der Waals surface area contributed by atoms with Gasteiger partial charge in [-0.1, -0.05) is 40.2 Å². The molecule has 0 aromatic heterocycles. The van der Waals surface area contributed by atoms with E-state index in [4.69, 9.17) is 0 Å². The number of nitrogens with zero attached hydrogens (tertiary/aromatic N) is 1. The second kappa shape index (κ2) is 10.3. The molecule has 2 N–H and O–H groups in total. The number of carboxylic acids is 1. The number of carbonyl (C=O) groups is 2. The predicted octanol–water partition coefficient (Wildman–Crippen LogP) is 4.36. The fraction of sp³-hybridized carbons (Fsp3) is 0.200. The molecular formula is C25H22BrFN2O5S. The molecule has 1 atom stereocenters. The molecule has 0 bridgehead atoms. The van der Waals surface area contributed by atoms with Crippen molar-refractivity contribution in [1.29, 1.82) is 0 Å². The van der Waals surface area contributed by atoms with E-state index in [2.05, 4.69) is 20.7 Å². The van der Waals surface area contributed by atoms with Crippen LogP contribution in [0.5, 0.6) is 0 Å². The molecule has 35 heavy (non-hydrogen) atoms. The first-order chi connectivity index (χ1) is 16.6. The van der Waals surface area contributed by atoms with Crippen molar-refractivity contribution in [3.63, 3.8) is 0 Å². The standard InChI is InChI=1S/C25H22BrFN2O5S/c26-19-5-1-16(2-6-19)17-3-8-21(9-4-17)35(33,34)28-22(25(31)32)10-12-24(30)29-14-13-18-15-20(27)7-11-23(18)29/h1-9,11,15,22,28H,10,12-14H2,(H,31,32)/t22-/m0/s1. The number of carboxylic acid groups (broad SMARTS) is 1. The maximum absolute atomic E-state index is 13.4. The molecule has 3 aromatic carbocycles. The molecule has 1 aliphatic rings. The van der Waals surface area contributed by atoms with E-state index < -0.39 is 22.0 Å². The number of hydrogen-bond acceptors (Lipinski definition) is 4. The van der Waals surface area contributed by atoms with Crippen LogP contribution in [0, 0.1) is 5.82 Å². The zero-order chi connectivity index (χ0) is 25.2. The molecule has 182 valence electrons. The Labute approximate surface area is 210 Å². The van der Waals surface area contributed by atoms with E-state index in [-0.39, 0.29) is 29.5 Å². The van der Waals surface area contributed by atoms with E-state index in [1.165, 1.54) is 35.2 Å². The van der Waals surface area contributed by atoms with Gasteiger partial charge in [0.15, 0.2) is 0 Å². The van der Waals surface area contributed by atoms with Gasteiger partial charge in [0.25, 0.3) is 0 Å². The Morgan fingerprint density at radius 1 is 1.03 bits per heavy atom. The summed E-state index contributed by atoms with van der Waals surface area (Å²) in [5.41, 5.74) is 3.01. The van der Waals surface area contributed by atoms with Crippen molar-refractivity contribution in [2.45, 2.75) is 30.2 Å². The summed E-state index contributed by atoms with van der Waals surface area (Å²) < 4.78 is 42.2. The van der Waals surface area contributed by atoms with Crippen molar-refractivity contribution in [2.24, 2.45) is 0 Å². The second-order valence-electron chi connectivity index (χ2n) is 8.15. The minimum atomic E-state index is -4.14. The number of carbonyl (C=O) groups excluding carboxylic acids is 1. The molecule has 0 radical (unpaired) electrons. The summed E-state index contributed by atoms with van der Waals surface area (Å²) in [5, 5.41) is 9.57. The van der Waals surface area contributed by atoms with Gasteiger partial charge in [-0.25, -0.2) is 12.8 Å². The van der Waals surface area contributed by atoms with E-state index >= 15 is 0 Å². The number of sulfonamides is 1. The largest absolute Gasteiger partial charge is 0.480 e. The number of benzene rings is 3. The van der Waals surface area contributed by atoms with Gasteiger partial charge in [-0.3, -0.25) is 9.59 Å². The van der Waals surface area contributed by atoms with Gasteiger partial charge >= 0.3 is 5.97 Å². The summed E-state index contributed by atoms with van der Waals surface area (Å²) in [6, 6.07) is 16.3. The van der Waals surface area contributed by atoms with Crippen LogP contribution >= 0.6 is 15.9 Å². The van der Waals surface area contributed by atoms with Crippen LogP contribution in [-0.2, 0) is 26.0 Å². The Morgan fingerprint density at radius 3 is 2.29 bits per heavy atom. The van der Waals surface area contributed by atoms with Crippen LogP contribution in [-0.4, -0.2) is 38.0 Å². The van der Waals surface area contributed by atoms with Crippen LogP contribution in [0.25, 0.3) is 11.1 Å². The van der Waals surface area contributed by atoms with Crippen LogP contribution in [0.4, 0.5) is 10.1 Å². The lowest BCUT2D eigenvalue weighted by Crippen LogP contribution is -2.41. The first kappa shape index (κ1) is 25.0. The lowest BCUT2D eigenvalue weighted by Gasteiger charge is -2.19. The fourth-order valence-electron chi connectivity index (χ4n) is 3.99. The average molecular weight is 561 g/mol. The molecule has 0 saturated heterocycles. The van der Waals surface area contributed by atoms with Crippen molar-refractivity contribution in [3.05, 3.63) is 82.6 Å². The first-order valence-electron chi connectivity index (χ1n) is 10.8. The van der Waals surface area contributed by atoms with Crippen molar-refractivity contribution < 1.29 is 27.5 Å². The van der Waals surface area contributed by atoms with Gasteiger partial charge in [0.1, 0.15) is 11.9 Å². The molecule has 10 heteroatoms. The summed E-state index contributed by atoms with van der Waals surface area (Å²) >= 11 is 3.37. The Morgan fingerprint density at radius 2 is 1.66 bits per heavy atom. The van der Waals surface area contributed by atoms with Crippen molar-refractivity contribution in [1.82, 2.24) is 4.72 Å². The Bertz CT molecular complexity index is 1360. The molecule has 1 heterocycles. The molecule has 0 saturated carbocycles. The third-order valence-corrected chi connectivity index (χ3v) is 7.84. The van der Waals surface area contributed by atoms with Crippen molar-refractivity contribution in [3.8, 4) is 11.1 Å². The first-order valence-corrected chi connectivity index (χ1v) is 13.1.